The van der Waals surface area contributed by atoms with E-state index in [1.54, 1.807) is 0 Å². The number of aliphatic hydroxyl groups is 1. The molecule has 0 amide bonds. The first-order valence-electron chi connectivity index (χ1n) is 5.05. The van der Waals surface area contributed by atoms with E-state index in [1.807, 2.05) is 37.2 Å². The van der Waals surface area contributed by atoms with Crippen molar-refractivity contribution in [2.45, 2.75) is 18.9 Å². The molecule has 0 saturated heterocycles. The average molecular weight is 193 g/mol. The Morgan fingerprint density at radius 2 is 1.86 bits per heavy atom. The molecule has 1 rings (SSSR count). The lowest BCUT2D eigenvalue weighted by Gasteiger charge is -2.15. The summed E-state index contributed by atoms with van der Waals surface area (Å²) in [6.45, 7) is 0.743. The Kier molecular flexibility index (Phi) is 4.63. The number of aryl methyl sites for hydroxylation is 1. The molecule has 0 fully saturated rings. The van der Waals surface area contributed by atoms with Crippen LogP contribution in [-0.4, -0.2) is 36.8 Å². The molecule has 0 aliphatic rings. The molecule has 0 radical (unpaired) electrons. The monoisotopic (exact) mass is 193 g/mol. The van der Waals surface area contributed by atoms with Crippen LogP contribution in [0.5, 0.6) is 0 Å². The standard InChI is InChI=1S/C12H19NO/c1-13(2)10-12(14)9-8-11-6-4-3-5-7-11/h3-7,12,14H,8-10H2,1-2H3. The number of hydrogen-bond acceptors (Lipinski definition) is 2. The van der Waals surface area contributed by atoms with Gasteiger partial charge in [0.1, 0.15) is 0 Å². The Bertz CT molecular complexity index is 246. The quantitative estimate of drug-likeness (QED) is 0.767. The Labute approximate surface area is 86.2 Å². The minimum Gasteiger partial charge on any atom is -0.392 e. The van der Waals surface area contributed by atoms with Gasteiger partial charge in [-0.05, 0) is 32.5 Å². The van der Waals surface area contributed by atoms with Crippen LogP contribution in [0.25, 0.3) is 0 Å². The maximum atomic E-state index is 9.64. The molecule has 2 heteroatoms. The van der Waals surface area contributed by atoms with Gasteiger partial charge in [-0.1, -0.05) is 30.3 Å². The summed E-state index contributed by atoms with van der Waals surface area (Å²) in [7, 11) is 3.96. The highest BCUT2D eigenvalue weighted by atomic mass is 16.3. The van der Waals surface area contributed by atoms with Gasteiger partial charge in [0.25, 0.3) is 0 Å². The third-order valence-electron chi connectivity index (χ3n) is 2.18. The van der Waals surface area contributed by atoms with Crippen molar-refractivity contribution < 1.29 is 5.11 Å². The van der Waals surface area contributed by atoms with Gasteiger partial charge in [-0.15, -0.1) is 0 Å². The molecule has 1 aromatic carbocycles. The highest BCUT2D eigenvalue weighted by Gasteiger charge is 2.05. The number of hydrogen-bond donors (Lipinski definition) is 1. The SMILES string of the molecule is CN(C)CC(O)CCc1ccccc1. The second-order valence-corrected chi connectivity index (χ2v) is 3.94. The number of rotatable bonds is 5. The lowest BCUT2D eigenvalue weighted by atomic mass is 10.1. The lowest BCUT2D eigenvalue weighted by Crippen LogP contribution is -2.26. The van der Waals surface area contributed by atoms with Crippen LogP contribution in [0.4, 0.5) is 0 Å². The molecule has 0 spiro atoms. The smallest absolute Gasteiger partial charge is 0.0670 e. The van der Waals surface area contributed by atoms with Crippen molar-refractivity contribution >= 4 is 0 Å². The summed E-state index contributed by atoms with van der Waals surface area (Å²) in [4.78, 5) is 2.01. The van der Waals surface area contributed by atoms with E-state index in [1.165, 1.54) is 5.56 Å². The summed E-state index contributed by atoms with van der Waals surface area (Å²) in [5.41, 5.74) is 1.30. The van der Waals surface area contributed by atoms with Gasteiger partial charge in [0.2, 0.25) is 0 Å². The van der Waals surface area contributed by atoms with Gasteiger partial charge in [-0.3, -0.25) is 0 Å². The predicted molar refractivity (Wildman–Crippen MR) is 59.3 cm³/mol. The number of likely N-dealkylation sites (N-methyl/N-ethyl adjacent to an activating group) is 1. The summed E-state index contributed by atoms with van der Waals surface area (Å²) in [6, 6.07) is 10.3. The second-order valence-electron chi connectivity index (χ2n) is 3.94. The van der Waals surface area contributed by atoms with E-state index < -0.39 is 0 Å². The molecular weight excluding hydrogens is 174 g/mol. The van der Waals surface area contributed by atoms with Crippen LogP contribution in [-0.2, 0) is 6.42 Å². The zero-order valence-corrected chi connectivity index (χ0v) is 8.98. The molecule has 1 aromatic rings. The molecule has 0 aliphatic heterocycles. The molecule has 2 nitrogen and oxygen atoms in total. The van der Waals surface area contributed by atoms with Crippen molar-refractivity contribution in [3.05, 3.63) is 35.9 Å². The van der Waals surface area contributed by atoms with Gasteiger partial charge < -0.3 is 10.0 Å². The van der Waals surface area contributed by atoms with E-state index in [0.29, 0.717) is 0 Å². The van der Waals surface area contributed by atoms with Crippen LogP contribution in [0, 0.1) is 0 Å². The normalized spacial score (nSPS) is 13.1. The van der Waals surface area contributed by atoms with Gasteiger partial charge in [-0.25, -0.2) is 0 Å². The van der Waals surface area contributed by atoms with E-state index in [4.69, 9.17) is 0 Å². The van der Waals surface area contributed by atoms with Crippen molar-refractivity contribution in [1.29, 1.82) is 0 Å². The molecule has 0 bridgehead atoms. The molecule has 1 atom stereocenters. The van der Waals surface area contributed by atoms with Crippen molar-refractivity contribution in [2.24, 2.45) is 0 Å². The van der Waals surface area contributed by atoms with Crippen molar-refractivity contribution in [1.82, 2.24) is 4.90 Å². The highest BCUT2D eigenvalue weighted by molar-refractivity contribution is 5.14. The summed E-state index contributed by atoms with van der Waals surface area (Å²) in [5, 5.41) is 9.64. The first kappa shape index (κ1) is 11.2. The molecule has 0 aromatic heterocycles. The minimum atomic E-state index is -0.217. The fourth-order valence-electron chi connectivity index (χ4n) is 1.49. The Hall–Kier alpha value is -0.860. The molecule has 0 heterocycles. The summed E-state index contributed by atoms with van der Waals surface area (Å²) in [6.07, 6.45) is 1.57. The third-order valence-corrected chi connectivity index (χ3v) is 2.18. The second kappa shape index (κ2) is 5.78. The fraction of sp³-hybridized carbons (Fsp3) is 0.500. The zero-order chi connectivity index (χ0) is 10.4. The van der Waals surface area contributed by atoms with Crippen molar-refractivity contribution in [2.75, 3.05) is 20.6 Å². The molecule has 78 valence electrons. The first-order chi connectivity index (χ1) is 6.68. The lowest BCUT2D eigenvalue weighted by molar-refractivity contribution is 0.128. The van der Waals surface area contributed by atoms with Gasteiger partial charge in [0.15, 0.2) is 0 Å². The average Bonchev–Trinajstić information content (AvgIpc) is 2.15. The van der Waals surface area contributed by atoms with Crippen LogP contribution in [0.15, 0.2) is 30.3 Å². The molecule has 0 aliphatic carbocycles. The topological polar surface area (TPSA) is 23.5 Å². The zero-order valence-electron chi connectivity index (χ0n) is 8.98. The molecule has 1 N–H and O–H groups in total. The largest absolute Gasteiger partial charge is 0.392 e. The summed E-state index contributed by atoms with van der Waals surface area (Å²) in [5.74, 6) is 0. The van der Waals surface area contributed by atoms with Gasteiger partial charge in [-0.2, -0.15) is 0 Å². The number of aliphatic hydroxyl groups excluding tert-OH is 1. The maximum Gasteiger partial charge on any atom is 0.0670 e. The van der Waals surface area contributed by atoms with Gasteiger partial charge in [0.05, 0.1) is 6.10 Å². The molecule has 1 unspecified atom stereocenters. The van der Waals surface area contributed by atoms with Gasteiger partial charge >= 0.3 is 0 Å². The van der Waals surface area contributed by atoms with Crippen LogP contribution in [0.2, 0.25) is 0 Å². The number of benzene rings is 1. The van der Waals surface area contributed by atoms with Crippen molar-refractivity contribution in [3.8, 4) is 0 Å². The van der Waals surface area contributed by atoms with Crippen LogP contribution < -0.4 is 0 Å². The molecule has 0 saturated carbocycles. The first-order valence-corrected chi connectivity index (χ1v) is 5.05. The maximum absolute atomic E-state index is 9.64. The van der Waals surface area contributed by atoms with E-state index in [2.05, 4.69) is 12.1 Å². The summed E-state index contributed by atoms with van der Waals surface area (Å²) < 4.78 is 0. The van der Waals surface area contributed by atoms with Crippen LogP contribution >= 0.6 is 0 Å². The fourth-order valence-corrected chi connectivity index (χ4v) is 1.49. The van der Waals surface area contributed by atoms with E-state index >= 15 is 0 Å². The predicted octanol–water partition coefficient (Wildman–Crippen LogP) is 1.54. The van der Waals surface area contributed by atoms with Crippen molar-refractivity contribution in [3.63, 3.8) is 0 Å². The van der Waals surface area contributed by atoms with Crippen LogP contribution in [0.1, 0.15) is 12.0 Å². The van der Waals surface area contributed by atoms with Gasteiger partial charge in [0, 0.05) is 6.54 Å². The van der Waals surface area contributed by atoms with E-state index in [-0.39, 0.29) is 6.10 Å². The Morgan fingerprint density at radius 3 is 2.43 bits per heavy atom. The van der Waals surface area contributed by atoms with E-state index in [0.717, 1.165) is 19.4 Å². The Morgan fingerprint density at radius 1 is 1.21 bits per heavy atom. The molecular formula is C12H19NO. The minimum absolute atomic E-state index is 0.217. The van der Waals surface area contributed by atoms with E-state index in [9.17, 15) is 5.11 Å². The highest BCUT2D eigenvalue weighted by Crippen LogP contribution is 2.05. The van der Waals surface area contributed by atoms with Crippen LogP contribution in [0.3, 0.4) is 0 Å². The third kappa shape index (κ3) is 4.40. The Balaban J connectivity index is 2.27. The molecule has 14 heavy (non-hydrogen) atoms. The number of nitrogens with zero attached hydrogens (tertiary/aromatic N) is 1. The summed E-state index contributed by atoms with van der Waals surface area (Å²) >= 11 is 0.